The highest BCUT2D eigenvalue weighted by Crippen LogP contribution is 2.28. The maximum absolute atomic E-state index is 12.3. The minimum absolute atomic E-state index is 0.237. The van der Waals surface area contributed by atoms with Crippen LogP contribution in [0.25, 0.3) is 0 Å². The van der Waals surface area contributed by atoms with Gasteiger partial charge < -0.3 is 4.55 Å². The Bertz CT molecular complexity index is 423. The third-order valence-electron chi connectivity index (χ3n) is 1.92. The van der Waals surface area contributed by atoms with Gasteiger partial charge in [-0.05, 0) is 32.9 Å². The predicted octanol–water partition coefficient (Wildman–Crippen LogP) is 2.98. The molecule has 1 heterocycles. The van der Waals surface area contributed by atoms with E-state index in [4.69, 9.17) is 0 Å². The van der Waals surface area contributed by atoms with Crippen LogP contribution in [0.1, 0.15) is 32.0 Å². The smallest absolute Gasteiger partial charge is 0.417 e. The Balaban J connectivity index is 2.79. The quantitative estimate of drug-likeness (QED) is 0.617. The van der Waals surface area contributed by atoms with Gasteiger partial charge in [-0.2, -0.15) is 13.2 Å². The van der Waals surface area contributed by atoms with Gasteiger partial charge in [0.2, 0.25) is 0 Å². The molecule has 0 N–H and O–H groups in total. The minimum Gasteiger partial charge on any atom is -0.591 e. The van der Waals surface area contributed by atoms with E-state index in [2.05, 4.69) is 9.38 Å². The fourth-order valence-corrected chi connectivity index (χ4v) is 1.43. The maximum Gasteiger partial charge on any atom is 0.417 e. The zero-order chi connectivity index (χ0) is 14.0. The minimum atomic E-state index is -4.41. The van der Waals surface area contributed by atoms with E-state index in [-0.39, 0.29) is 5.69 Å². The van der Waals surface area contributed by atoms with Gasteiger partial charge in [-0.25, -0.2) is 0 Å². The Labute approximate surface area is 106 Å². The fraction of sp³-hybridized carbons (Fsp3) is 0.455. The summed E-state index contributed by atoms with van der Waals surface area (Å²) < 4.78 is 51.6. The summed E-state index contributed by atoms with van der Waals surface area (Å²) in [6.45, 7) is 5.25. The molecule has 0 fully saturated rings. The number of alkyl halides is 3. The first-order chi connectivity index (χ1) is 8.10. The summed E-state index contributed by atoms with van der Waals surface area (Å²) in [6.07, 6.45) is -2.47. The van der Waals surface area contributed by atoms with Crippen LogP contribution < -0.4 is 0 Å². The summed E-state index contributed by atoms with van der Waals surface area (Å²) in [6, 6.07) is 2.10. The first-order valence-electron chi connectivity index (χ1n) is 5.10. The fourth-order valence-electron chi connectivity index (χ4n) is 0.909. The number of aromatic nitrogens is 1. The molecule has 0 saturated heterocycles. The highest BCUT2D eigenvalue weighted by atomic mass is 32.2. The van der Waals surface area contributed by atoms with E-state index in [1.807, 2.05) is 0 Å². The van der Waals surface area contributed by atoms with Gasteiger partial charge >= 0.3 is 6.18 Å². The molecule has 1 atom stereocenters. The molecule has 0 amide bonds. The highest BCUT2D eigenvalue weighted by molar-refractivity contribution is 7.91. The van der Waals surface area contributed by atoms with Gasteiger partial charge in [-0.1, -0.05) is 4.40 Å². The first kappa shape index (κ1) is 15.0. The van der Waals surface area contributed by atoms with Crippen molar-refractivity contribution in [3.63, 3.8) is 0 Å². The van der Waals surface area contributed by atoms with E-state index in [1.54, 1.807) is 20.8 Å². The molecule has 3 nitrogen and oxygen atoms in total. The molecule has 0 bridgehead atoms. The molecule has 0 aromatic carbocycles. The second-order valence-electron chi connectivity index (χ2n) is 4.57. The third kappa shape index (κ3) is 4.30. The molecule has 1 unspecified atom stereocenters. The van der Waals surface area contributed by atoms with Crippen molar-refractivity contribution < 1.29 is 17.7 Å². The molecular weight excluding hydrogens is 265 g/mol. The van der Waals surface area contributed by atoms with Crippen LogP contribution in [0.5, 0.6) is 0 Å². The first-order valence-corrected chi connectivity index (χ1v) is 6.21. The molecule has 1 rings (SSSR count). The normalized spacial score (nSPS) is 15.1. The number of nitrogens with zero attached hydrogens (tertiary/aromatic N) is 2. The van der Waals surface area contributed by atoms with Crippen LogP contribution >= 0.6 is 0 Å². The molecule has 0 aliphatic heterocycles. The average Bonchev–Trinajstić information content (AvgIpc) is 2.24. The van der Waals surface area contributed by atoms with Crippen molar-refractivity contribution in [1.82, 2.24) is 4.98 Å². The zero-order valence-corrected chi connectivity index (χ0v) is 11.0. The lowest BCUT2D eigenvalue weighted by molar-refractivity contribution is -0.137. The second kappa shape index (κ2) is 5.27. The van der Waals surface area contributed by atoms with E-state index in [0.29, 0.717) is 0 Å². The lowest BCUT2D eigenvalue weighted by atomic mass is 10.2. The Hall–Kier alpha value is -1.08. The summed E-state index contributed by atoms with van der Waals surface area (Å²) >= 11 is -1.45. The Kier molecular flexibility index (Phi) is 4.39. The van der Waals surface area contributed by atoms with Gasteiger partial charge in [-0.3, -0.25) is 4.98 Å². The van der Waals surface area contributed by atoms with Crippen LogP contribution in [0, 0.1) is 0 Å². The summed E-state index contributed by atoms with van der Waals surface area (Å²) in [5, 5.41) is 0. The van der Waals surface area contributed by atoms with E-state index in [0.717, 1.165) is 12.3 Å². The molecule has 0 radical (unpaired) electrons. The number of hydrogen-bond acceptors (Lipinski definition) is 3. The van der Waals surface area contributed by atoms with E-state index < -0.39 is 27.8 Å². The van der Waals surface area contributed by atoms with E-state index in [9.17, 15) is 17.7 Å². The summed E-state index contributed by atoms with van der Waals surface area (Å²) in [7, 11) is 0. The van der Waals surface area contributed by atoms with Crippen molar-refractivity contribution in [3.05, 3.63) is 29.6 Å². The Morgan fingerprint density at radius 1 is 1.28 bits per heavy atom. The number of pyridine rings is 1. The lowest BCUT2D eigenvalue weighted by Crippen LogP contribution is -2.25. The molecule has 18 heavy (non-hydrogen) atoms. The van der Waals surface area contributed by atoms with Gasteiger partial charge in [0.25, 0.3) is 0 Å². The van der Waals surface area contributed by atoms with Crippen LogP contribution in [0.2, 0.25) is 0 Å². The van der Waals surface area contributed by atoms with Crippen LogP contribution in [0.3, 0.4) is 0 Å². The number of halogens is 3. The predicted molar refractivity (Wildman–Crippen MR) is 64.7 cm³/mol. The van der Waals surface area contributed by atoms with E-state index >= 15 is 0 Å². The van der Waals surface area contributed by atoms with Crippen LogP contribution in [0.15, 0.2) is 22.7 Å². The van der Waals surface area contributed by atoms with Crippen LogP contribution in [-0.2, 0) is 17.5 Å². The van der Waals surface area contributed by atoms with Crippen molar-refractivity contribution in [2.45, 2.75) is 31.7 Å². The largest absolute Gasteiger partial charge is 0.591 e. The van der Waals surface area contributed by atoms with Crippen LogP contribution in [-0.4, -0.2) is 20.5 Å². The molecule has 0 aliphatic rings. The monoisotopic (exact) mass is 278 g/mol. The number of rotatable bonds is 2. The summed E-state index contributed by atoms with van der Waals surface area (Å²) in [5.74, 6) is 0. The van der Waals surface area contributed by atoms with Gasteiger partial charge in [0.15, 0.2) is 0 Å². The molecule has 100 valence electrons. The van der Waals surface area contributed by atoms with Crippen molar-refractivity contribution in [1.29, 1.82) is 0 Å². The van der Waals surface area contributed by atoms with Gasteiger partial charge in [0.05, 0.1) is 11.3 Å². The molecule has 1 aromatic heterocycles. The summed E-state index contributed by atoms with van der Waals surface area (Å²) in [4.78, 5) is 3.60. The van der Waals surface area contributed by atoms with Gasteiger partial charge in [0.1, 0.15) is 22.3 Å². The second-order valence-corrected chi connectivity index (χ2v) is 6.50. The highest BCUT2D eigenvalue weighted by Gasteiger charge is 2.30. The molecule has 0 spiro atoms. The molecular formula is C11H13F3N2OS. The molecule has 1 aromatic rings. The topological polar surface area (TPSA) is 48.3 Å². The summed E-state index contributed by atoms with van der Waals surface area (Å²) in [5.41, 5.74) is -0.586. The number of hydrogen-bond donors (Lipinski definition) is 0. The maximum atomic E-state index is 12.3. The molecule has 0 aliphatic carbocycles. The van der Waals surface area contributed by atoms with Crippen molar-refractivity contribution in [2.75, 3.05) is 0 Å². The average molecular weight is 278 g/mol. The Morgan fingerprint density at radius 2 is 1.89 bits per heavy atom. The lowest BCUT2D eigenvalue weighted by Gasteiger charge is -2.17. The molecule has 0 saturated carbocycles. The van der Waals surface area contributed by atoms with E-state index in [1.165, 1.54) is 12.3 Å². The van der Waals surface area contributed by atoms with Crippen molar-refractivity contribution >= 4 is 17.6 Å². The standard InChI is InChI=1S/C11H13F3N2OS/c1-10(2,3)18(17)16-7-9-5-4-8(6-15-9)11(12,13)14/h4-7H,1-3H3/b16-7-. The third-order valence-corrected chi connectivity index (χ3v) is 3.26. The van der Waals surface area contributed by atoms with Crippen molar-refractivity contribution in [3.8, 4) is 0 Å². The SMILES string of the molecule is CC(C)(C)[S+]([O-])/N=C\c1ccc(C(F)(F)F)cn1. The van der Waals surface area contributed by atoms with Gasteiger partial charge in [0, 0.05) is 6.20 Å². The molecule has 7 heteroatoms. The van der Waals surface area contributed by atoms with Crippen LogP contribution in [0.4, 0.5) is 13.2 Å². The zero-order valence-electron chi connectivity index (χ0n) is 10.2. The van der Waals surface area contributed by atoms with Gasteiger partial charge in [-0.15, -0.1) is 0 Å². The Morgan fingerprint density at radius 3 is 2.28 bits per heavy atom. The van der Waals surface area contributed by atoms with Crippen molar-refractivity contribution in [2.24, 2.45) is 4.40 Å².